The number of hydrogen-bond donors (Lipinski definition) is 0. The van der Waals surface area contributed by atoms with Gasteiger partial charge in [-0.3, -0.25) is 0 Å². The van der Waals surface area contributed by atoms with Gasteiger partial charge in [-0.25, -0.2) is 0 Å². The van der Waals surface area contributed by atoms with Crippen molar-refractivity contribution in [1.29, 1.82) is 0 Å². The lowest BCUT2D eigenvalue weighted by molar-refractivity contribution is 1.33. The maximum absolute atomic E-state index is 2.24. The van der Waals surface area contributed by atoms with E-state index in [1.165, 1.54) is 38.3 Å². The zero-order chi connectivity index (χ0) is 15.5. The van der Waals surface area contributed by atoms with Gasteiger partial charge in [-0.15, -0.1) is 11.8 Å². The van der Waals surface area contributed by atoms with Crippen LogP contribution in [0.1, 0.15) is 11.1 Å². The molecule has 0 N–H and O–H groups in total. The Labute approximate surface area is 137 Å². The predicted molar refractivity (Wildman–Crippen MR) is 98.6 cm³/mol. The third kappa shape index (κ3) is 2.69. The van der Waals surface area contributed by atoms with Gasteiger partial charge >= 0.3 is 0 Å². The fraction of sp³-hybridized carbons (Fsp3) is 0.143. The lowest BCUT2D eigenvalue weighted by atomic mass is 9.90. The molecular weight excluding hydrogens is 284 g/mol. The van der Waals surface area contributed by atoms with Gasteiger partial charge in [0, 0.05) is 10.5 Å². The Kier molecular flexibility index (Phi) is 4.35. The Hall–Kier alpha value is -1.99. The van der Waals surface area contributed by atoms with Gasteiger partial charge in [0.2, 0.25) is 0 Å². The molecule has 0 spiro atoms. The van der Waals surface area contributed by atoms with Crippen LogP contribution in [0.15, 0.2) is 71.6 Å². The van der Waals surface area contributed by atoms with E-state index >= 15 is 0 Å². The molecule has 0 aliphatic rings. The molecule has 0 atom stereocenters. The molecule has 3 rings (SSSR count). The standard InChI is InChI=1S/C21H20S/c1-15-9-7-12-18(16(15)2)19-13-8-14-20(22-3)21(19)17-10-5-4-6-11-17/h4-14H,1-3H3. The lowest BCUT2D eigenvalue weighted by Gasteiger charge is -2.17. The molecule has 0 fully saturated rings. The summed E-state index contributed by atoms with van der Waals surface area (Å²) in [7, 11) is 0. The van der Waals surface area contributed by atoms with E-state index in [9.17, 15) is 0 Å². The van der Waals surface area contributed by atoms with Gasteiger partial charge in [0.25, 0.3) is 0 Å². The number of hydrogen-bond acceptors (Lipinski definition) is 1. The van der Waals surface area contributed by atoms with E-state index in [1.54, 1.807) is 0 Å². The fourth-order valence-electron chi connectivity index (χ4n) is 2.87. The highest BCUT2D eigenvalue weighted by Gasteiger charge is 2.13. The molecule has 3 aromatic carbocycles. The van der Waals surface area contributed by atoms with Gasteiger partial charge in [0.15, 0.2) is 0 Å². The molecule has 0 saturated carbocycles. The van der Waals surface area contributed by atoms with Crippen LogP contribution in [0, 0.1) is 13.8 Å². The number of benzene rings is 3. The minimum atomic E-state index is 1.28. The van der Waals surface area contributed by atoms with E-state index < -0.39 is 0 Å². The molecule has 0 bridgehead atoms. The number of rotatable bonds is 3. The Morgan fingerprint density at radius 1 is 0.682 bits per heavy atom. The van der Waals surface area contributed by atoms with Crippen LogP contribution in [0.3, 0.4) is 0 Å². The molecule has 0 amide bonds. The zero-order valence-electron chi connectivity index (χ0n) is 13.3. The summed E-state index contributed by atoms with van der Waals surface area (Å²) >= 11 is 1.81. The first-order valence-corrected chi connectivity index (χ1v) is 8.74. The van der Waals surface area contributed by atoms with E-state index in [0.29, 0.717) is 0 Å². The number of thioether (sulfide) groups is 1. The molecule has 0 nitrogen and oxygen atoms in total. The van der Waals surface area contributed by atoms with Crippen LogP contribution in [0.25, 0.3) is 22.3 Å². The Bertz CT molecular complexity index is 788. The Morgan fingerprint density at radius 3 is 2.09 bits per heavy atom. The molecule has 22 heavy (non-hydrogen) atoms. The van der Waals surface area contributed by atoms with Crippen molar-refractivity contribution in [2.75, 3.05) is 6.26 Å². The van der Waals surface area contributed by atoms with Crippen LogP contribution >= 0.6 is 11.8 Å². The molecule has 3 aromatic rings. The highest BCUT2D eigenvalue weighted by Crippen LogP contribution is 2.40. The molecule has 0 aromatic heterocycles. The minimum absolute atomic E-state index is 1.28. The second kappa shape index (κ2) is 6.41. The first kappa shape index (κ1) is 14.9. The third-order valence-corrected chi connectivity index (χ3v) is 4.98. The van der Waals surface area contributed by atoms with Crippen molar-refractivity contribution in [3.8, 4) is 22.3 Å². The Balaban J connectivity index is 2.31. The molecule has 0 saturated heterocycles. The van der Waals surface area contributed by atoms with Crippen molar-refractivity contribution in [2.24, 2.45) is 0 Å². The highest BCUT2D eigenvalue weighted by atomic mass is 32.2. The average molecular weight is 304 g/mol. The van der Waals surface area contributed by atoms with Gasteiger partial charge in [0.1, 0.15) is 0 Å². The molecule has 0 aliphatic carbocycles. The fourth-order valence-corrected chi connectivity index (χ4v) is 3.52. The van der Waals surface area contributed by atoms with Crippen LogP contribution in [0.4, 0.5) is 0 Å². The highest BCUT2D eigenvalue weighted by molar-refractivity contribution is 7.98. The SMILES string of the molecule is CSc1cccc(-c2cccc(C)c2C)c1-c1ccccc1. The first-order valence-electron chi connectivity index (χ1n) is 7.51. The largest absolute Gasteiger partial charge is 0.129 e. The second-order valence-electron chi connectivity index (χ2n) is 5.50. The van der Waals surface area contributed by atoms with Crippen molar-refractivity contribution in [2.45, 2.75) is 18.7 Å². The molecular formula is C21H20S. The first-order chi connectivity index (χ1) is 10.7. The van der Waals surface area contributed by atoms with Crippen LogP contribution in [0.5, 0.6) is 0 Å². The number of aryl methyl sites for hydroxylation is 1. The van der Waals surface area contributed by atoms with Crippen LogP contribution in [-0.2, 0) is 0 Å². The molecule has 0 heterocycles. The monoisotopic (exact) mass is 304 g/mol. The van der Waals surface area contributed by atoms with E-state index in [4.69, 9.17) is 0 Å². The summed E-state index contributed by atoms with van der Waals surface area (Å²) in [6, 6.07) is 23.9. The lowest BCUT2D eigenvalue weighted by Crippen LogP contribution is -1.92. The van der Waals surface area contributed by atoms with E-state index in [-0.39, 0.29) is 0 Å². The summed E-state index contributed by atoms with van der Waals surface area (Å²) in [6.07, 6.45) is 2.15. The zero-order valence-corrected chi connectivity index (χ0v) is 14.1. The van der Waals surface area contributed by atoms with Crippen molar-refractivity contribution in [3.05, 3.63) is 77.9 Å². The summed E-state index contributed by atoms with van der Waals surface area (Å²) in [5.74, 6) is 0. The van der Waals surface area contributed by atoms with E-state index in [1.807, 2.05) is 11.8 Å². The van der Waals surface area contributed by atoms with Crippen LogP contribution in [-0.4, -0.2) is 6.26 Å². The molecule has 0 unspecified atom stereocenters. The van der Waals surface area contributed by atoms with Gasteiger partial charge < -0.3 is 0 Å². The quantitative estimate of drug-likeness (QED) is 0.507. The topological polar surface area (TPSA) is 0 Å². The average Bonchev–Trinajstić information content (AvgIpc) is 2.57. The normalized spacial score (nSPS) is 10.7. The van der Waals surface area contributed by atoms with Crippen LogP contribution < -0.4 is 0 Å². The summed E-state index contributed by atoms with van der Waals surface area (Å²) in [6.45, 7) is 4.39. The van der Waals surface area contributed by atoms with Crippen molar-refractivity contribution < 1.29 is 0 Å². The van der Waals surface area contributed by atoms with Gasteiger partial charge in [-0.05, 0) is 54.0 Å². The van der Waals surface area contributed by atoms with Gasteiger partial charge in [-0.1, -0.05) is 60.7 Å². The van der Waals surface area contributed by atoms with Gasteiger partial charge in [0.05, 0.1) is 0 Å². The minimum Gasteiger partial charge on any atom is -0.129 e. The van der Waals surface area contributed by atoms with Gasteiger partial charge in [-0.2, -0.15) is 0 Å². The van der Waals surface area contributed by atoms with Crippen molar-refractivity contribution in [3.63, 3.8) is 0 Å². The van der Waals surface area contributed by atoms with E-state index in [2.05, 4.69) is 86.8 Å². The second-order valence-corrected chi connectivity index (χ2v) is 6.34. The molecule has 1 heteroatoms. The van der Waals surface area contributed by atoms with E-state index in [0.717, 1.165) is 0 Å². The molecule has 110 valence electrons. The third-order valence-electron chi connectivity index (χ3n) is 4.20. The maximum Gasteiger partial charge on any atom is 0.0154 e. The predicted octanol–water partition coefficient (Wildman–Crippen LogP) is 6.36. The van der Waals surface area contributed by atoms with Crippen molar-refractivity contribution >= 4 is 11.8 Å². The van der Waals surface area contributed by atoms with Crippen molar-refractivity contribution in [1.82, 2.24) is 0 Å². The summed E-state index contributed by atoms with van der Waals surface area (Å²) in [5, 5.41) is 0. The maximum atomic E-state index is 2.24. The summed E-state index contributed by atoms with van der Waals surface area (Å²) < 4.78 is 0. The van der Waals surface area contributed by atoms with Crippen LogP contribution in [0.2, 0.25) is 0 Å². The molecule has 0 aliphatic heterocycles. The molecule has 0 radical (unpaired) electrons. The summed E-state index contributed by atoms with van der Waals surface area (Å²) in [4.78, 5) is 1.32. The summed E-state index contributed by atoms with van der Waals surface area (Å²) in [5.41, 5.74) is 7.96. The Morgan fingerprint density at radius 2 is 1.36 bits per heavy atom. The smallest absolute Gasteiger partial charge is 0.0154 e.